The highest BCUT2D eigenvalue weighted by Crippen LogP contribution is 2.56. The van der Waals surface area contributed by atoms with Crippen LogP contribution in [0.25, 0.3) is 55.4 Å². The molecule has 0 saturated carbocycles. The summed E-state index contributed by atoms with van der Waals surface area (Å²) in [5.74, 6) is 0. The van der Waals surface area contributed by atoms with Crippen LogP contribution in [0.4, 0.5) is 0 Å². The molecule has 0 bridgehead atoms. The van der Waals surface area contributed by atoms with Crippen LogP contribution in [0.3, 0.4) is 0 Å². The molecule has 10 rings (SSSR count). The summed E-state index contributed by atoms with van der Waals surface area (Å²) >= 11 is 0. The zero-order valence-electron chi connectivity index (χ0n) is 29.3. The van der Waals surface area contributed by atoms with Crippen LogP contribution >= 0.6 is 0 Å². The molecular formula is C51H36N2. The van der Waals surface area contributed by atoms with E-state index in [-0.39, 0.29) is 0 Å². The summed E-state index contributed by atoms with van der Waals surface area (Å²) in [6, 6.07) is 64.6. The minimum Gasteiger partial charge on any atom is -0.261 e. The van der Waals surface area contributed by atoms with E-state index in [1.807, 2.05) is 12.4 Å². The number of allylic oxidation sites excluding steroid dienone is 1. The lowest BCUT2D eigenvalue weighted by Gasteiger charge is -2.34. The molecule has 0 fully saturated rings. The van der Waals surface area contributed by atoms with Crippen molar-refractivity contribution in [1.82, 2.24) is 4.98 Å². The Bertz CT molecular complexity index is 2660. The van der Waals surface area contributed by atoms with E-state index >= 15 is 0 Å². The van der Waals surface area contributed by atoms with Crippen molar-refractivity contribution >= 4 is 16.5 Å². The fourth-order valence-electron chi connectivity index (χ4n) is 8.64. The molecule has 0 amide bonds. The summed E-state index contributed by atoms with van der Waals surface area (Å²) in [4.78, 5) is 9.48. The first-order valence-electron chi connectivity index (χ1n) is 18.4. The Kier molecular flexibility index (Phi) is 7.54. The quantitative estimate of drug-likeness (QED) is 0.172. The standard InChI is InChI=1S/C51H36N2/c1-2-16-44-37(11-1)30-32-53-50(44)41-15-10-13-39(34-41)36-24-28-43(29-25-36)51(47-19-5-3-17-45(47)46-18-4-6-20-48(46)51)42-26-22-35(23-27-42)38-12-9-14-40(33-38)49-21-7-8-31-52-49/h1-6,8-20,22-34H,7,21H2. The van der Waals surface area contributed by atoms with E-state index in [1.54, 1.807) is 0 Å². The van der Waals surface area contributed by atoms with Crippen molar-refractivity contribution < 1.29 is 0 Å². The van der Waals surface area contributed by atoms with Crippen LogP contribution in [-0.2, 0) is 5.41 Å². The average molecular weight is 677 g/mol. The van der Waals surface area contributed by atoms with E-state index in [1.165, 1.54) is 66.6 Å². The molecule has 1 aromatic heterocycles. The van der Waals surface area contributed by atoms with Gasteiger partial charge >= 0.3 is 0 Å². The van der Waals surface area contributed by atoms with Crippen molar-refractivity contribution in [2.75, 3.05) is 0 Å². The number of hydrogen-bond donors (Lipinski definition) is 0. The summed E-state index contributed by atoms with van der Waals surface area (Å²) in [6.45, 7) is 0. The fourth-order valence-corrected chi connectivity index (χ4v) is 8.64. The Hall–Kier alpha value is -6.64. The van der Waals surface area contributed by atoms with Crippen LogP contribution < -0.4 is 0 Å². The lowest BCUT2D eigenvalue weighted by atomic mass is 9.67. The third-order valence-electron chi connectivity index (χ3n) is 11.1. The summed E-state index contributed by atoms with van der Waals surface area (Å²) in [6.07, 6.45) is 8.00. The highest BCUT2D eigenvalue weighted by molar-refractivity contribution is 6.02. The van der Waals surface area contributed by atoms with Gasteiger partial charge in [-0.3, -0.25) is 9.98 Å². The highest BCUT2D eigenvalue weighted by atomic mass is 14.7. The minimum atomic E-state index is -0.468. The van der Waals surface area contributed by atoms with Gasteiger partial charge in [-0.05, 0) is 97.6 Å². The Labute approximate surface area is 310 Å². The second-order valence-electron chi connectivity index (χ2n) is 14.0. The molecule has 53 heavy (non-hydrogen) atoms. The lowest BCUT2D eigenvalue weighted by Crippen LogP contribution is -2.28. The van der Waals surface area contributed by atoms with Gasteiger partial charge in [0, 0.05) is 29.1 Å². The predicted molar refractivity (Wildman–Crippen MR) is 220 cm³/mol. The zero-order chi connectivity index (χ0) is 35.2. The molecule has 0 N–H and O–H groups in total. The van der Waals surface area contributed by atoms with E-state index in [4.69, 9.17) is 4.98 Å². The number of pyridine rings is 1. The topological polar surface area (TPSA) is 25.2 Å². The number of rotatable bonds is 6. The van der Waals surface area contributed by atoms with Gasteiger partial charge in [0.2, 0.25) is 0 Å². The molecule has 2 nitrogen and oxygen atoms in total. The summed E-state index contributed by atoms with van der Waals surface area (Å²) < 4.78 is 0. The number of nitrogens with zero attached hydrogens (tertiary/aromatic N) is 2. The van der Waals surface area contributed by atoms with Gasteiger partial charge in [-0.2, -0.15) is 0 Å². The first-order chi connectivity index (χ1) is 26.3. The third kappa shape index (κ3) is 5.18. The van der Waals surface area contributed by atoms with Crippen LogP contribution in [0.5, 0.6) is 0 Å². The van der Waals surface area contributed by atoms with Gasteiger partial charge < -0.3 is 0 Å². The number of fused-ring (bicyclic) bond motifs is 4. The minimum absolute atomic E-state index is 0.468. The molecule has 0 spiro atoms. The second kappa shape index (κ2) is 12.8. The van der Waals surface area contributed by atoms with Gasteiger partial charge in [0.05, 0.1) is 11.1 Å². The predicted octanol–water partition coefficient (Wildman–Crippen LogP) is 12.7. The van der Waals surface area contributed by atoms with Gasteiger partial charge in [0.15, 0.2) is 0 Å². The normalized spacial score (nSPS) is 14.1. The fraction of sp³-hybridized carbons (Fsp3) is 0.0588. The van der Waals surface area contributed by atoms with E-state index in [0.29, 0.717) is 0 Å². The van der Waals surface area contributed by atoms with E-state index < -0.39 is 5.41 Å². The van der Waals surface area contributed by atoms with Crippen molar-refractivity contribution in [3.05, 3.63) is 222 Å². The summed E-state index contributed by atoms with van der Waals surface area (Å²) in [5.41, 5.74) is 16.5. The monoisotopic (exact) mass is 676 g/mol. The molecule has 8 aromatic rings. The summed E-state index contributed by atoms with van der Waals surface area (Å²) in [7, 11) is 0. The maximum absolute atomic E-state index is 4.81. The molecule has 250 valence electrons. The molecule has 1 aliphatic heterocycles. The Balaban J connectivity index is 1.08. The highest BCUT2D eigenvalue weighted by Gasteiger charge is 2.45. The van der Waals surface area contributed by atoms with E-state index in [9.17, 15) is 0 Å². The Morgan fingerprint density at radius 1 is 0.453 bits per heavy atom. The Morgan fingerprint density at radius 3 is 1.66 bits per heavy atom. The number of hydrogen-bond acceptors (Lipinski definition) is 2. The van der Waals surface area contributed by atoms with Crippen LogP contribution in [0.1, 0.15) is 40.7 Å². The first-order valence-corrected chi connectivity index (χ1v) is 18.4. The third-order valence-corrected chi connectivity index (χ3v) is 11.1. The van der Waals surface area contributed by atoms with Gasteiger partial charge in [0.25, 0.3) is 0 Å². The molecule has 0 unspecified atom stereocenters. The van der Waals surface area contributed by atoms with Crippen LogP contribution in [0, 0.1) is 0 Å². The Morgan fingerprint density at radius 2 is 1.02 bits per heavy atom. The molecule has 2 heterocycles. The van der Waals surface area contributed by atoms with Crippen LogP contribution in [0.2, 0.25) is 0 Å². The lowest BCUT2D eigenvalue weighted by molar-refractivity contribution is 0.769. The van der Waals surface area contributed by atoms with Gasteiger partial charge in [0.1, 0.15) is 0 Å². The van der Waals surface area contributed by atoms with Crippen molar-refractivity contribution in [2.45, 2.75) is 18.3 Å². The molecule has 7 aromatic carbocycles. The van der Waals surface area contributed by atoms with E-state index in [0.717, 1.165) is 35.2 Å². The number of aliphatic imine (C=N–C) groups is 1. The molecular weight excluding hydrogens is 641 g/mol. The molecule has 0 atom stereocenters. The number of benzene rings is 7. The maximum Gasteiger partial charge on any atom is 0.0780 e. The smallest absolute Gasteiger partial charge is 0.0780 e. The largest absolute Gasteiger partial charge is 0.261 e. The first kappa shape index (κ1) is 31.1. The second-order valence-corrected chi connectivity index (χ2v) is 14.0. The number of aromatic nitrogens is 1. The van der Waals surface area contributed by atoms with Crippen molar-refractivity contribution in [1.29, 1.82) is 0 Å². The molecule has 0 saturated heterocycles. The van der Waals surface area contributed by atoms with Gasteiger partial charge in [-0.1, -0.05) is 164 Å². The van der Waals surface area contributed by atoms with Gasteiger partial charge in [-0.25, -0.2) is 0 Å². The average Bonchev–Trinajstić information content (AvgIpc) is 3.55. The van der Waals surface area contributed by atoms with Gasteiger partial charge in [-0.15, -0.1) is 0 Å². The van der Waals surface area contributed by atoms with Crippen molar-refractivity contribution in [2.24, 2.45) is 4.99 Å². The molecule has 2 heteroatoms. The maximum atomic E-state index is 4.81. The van der Waals surface area contributed by atoms with Crippen LogP contribution in [0.15, 0.2) is 199 Å². The molecule has 1 aliphatic carbocycles. The van der Waals surface area contributed by atoms with Crippen LogP contribution in [-0.4, -0.2) is 10.7 Å². The van der Waals surface area contributed by atoms with Crippen molar-refractivity contribution in [3.63, 3.8) is 0 Å². The zero-order valence-corrected chi connectivity index (χ0v) is 29.3. The molecule has 0 radical (unpaired) electrons. The van der Waals surface area contributed by atoms with E-state index in [2.05, 4.69) is 187 Å². The SMILES string of the molecule is C1=CN=C(c2cccc(-c3ccc(C4(c5ccc(-c6cccc(-c7nccc8ccccc78)c6)cc5)c5ccccc5-c5ccccc54)cc3)c2)CC1. The van der Waals surface area contributed by atoms with Crippen molar-refractivity contribution in [3.8, 4) is 44.6 Å². The molecule has 2 aliphatic rings. The summed E-state index contributed by atoms with van der Waals surface area (Å²) in [5, 5.41) is 2.36.